The predicted molar refractivity (Wildman–Crippen MR) is 148 cm³/mol. The van der Waals surface area contributed by atoms with Gasteiger partial charge in [0.1, 0.15) is 16.8 Å². The van der Waals surface area contributed by atoms with Gasteiger partial charge in [0.25, 0.3) is 0 Å². The Hall–Kier alpha value is -2.95. The number of methoxy groups -OCH3 is 1. The van der Waals surface area contributed by atoms with Crippen LogP contribution in [-0.2, 0) is 13.1 Å². The molecule has 2 aromatic heterocycles. The van der Waals surface area contributed by atoms with Gasteiger partial charge in [-0.2, -0.15) is 10.1 Å². The molecule has 3 heterocycles. The second-order valence-corrected chi connectivity index (χ2v) is 10.1. The fraction of sp³-hybridized carbons (Fsp3) is 0.593. The van der Waals surface area contributed by atoms with Crippen LogP contribution in [0.5, 0.6) is 5.75 Å². The SMILES string of the molecule is CCC[C@@H](CCO)Nc1nc(N)nc2c(C)nn(Cc3ccc(CNC4CCN(C)CC4)cc3OC)c12. The van der Waals surface area contributed by atoms with Crippen molar-refractivity contribution in [2.24, 2.45) is 0 Å². The lowest BCUT2D eigenvalue weighted by molar-refractivity contribution is 0.234. The highest BCUT2D eigenvalue weighted by Gasteiger charge is 2.20. The zero-order valence-electron chi connectivity index (χ0n) is 22.6. The van der Waals surface area contributed by atoms with E-state index in [1.807, 2.05) is 11.6 Å². The van der Waals surface area contributed by atoms with Crippen LogP contribution in [0.15, 0.2) is 18.2 Å². The number of aliphatic hydroxyl groups is 1. The number of aromatic nitrogens is 4. The van der Waals surface area contributed by atoms with Gasteiger partial charge in [-0.3, -0.25) is 4.68 Å². The molecule has 0 radical (unpaired) electrons. The number of nitrogens with two attached hydrogens (primary N) is 1. The number of fused-ring (bicyclic) bond motifs is 1. The Morgan fingerprint density at radius 2 is 2.00 bits per heavy atom. The standard InChI is InChI=1S/C27H42N8O2/c1-5-6-22(11-14-36)30-26-25-24(31-27(28)32-26)18(2)33-35(25)17-20-8-7-19(15-23(20)37-4)16-29-21-9-12-34(3)13-10-21/h7-8,15,21-22,29,36H,5-6,9-14,16-17H2,1-4H3,(H3,28,30,31,32)/t22-/m0/s1. The molecule has 1 fully saturated rings. The number of aliphatic hydroxyl groups excluding tert-OH is 1. The van der Waals surface area contributed by atoms with Crippen LogP contribution in [-0.4, -0.2) is 75.7 Å². The molecule has 0 unspecified atom stereocenters. The number of likely N-dealkylation sites (tertiary alicyclic amines) is 1. The van der Waals surface area contributed by atoms with Crippen molar-refractivity contribution in [3.8, 4) is 5.75 Å². The molecule has 5 N–H and O–H groups in total. The molecule has 0 saturated carbocycles. The van der Waals surface area contributed by atoms with Crippen LogP contribution in [0.2, 0.25) is 0 Å². The van der Waals surface area contributed by atoms with E-state index in [1.54, 1.807) is 7.11 Å². The van der Waals surface area contributed by atoms with E-state index in [9.17, 15) is 5.11 Å². The normalized spacial score (nSPS) is 15.8. The van der Waals surface area contributed by atoms with Crippen LogP contribution in [0.3, 0.4) is 0 Å². The number of nitrogens with zero attached hydrogens (tertiary/aromatic N) is 5. The zero-order chi connectivity index (χ0) is 26.4. The van der Waals surface area contributed by atoms with Gasteiger partial charge < -0.3 is 31.1 Å². The first-order valence-corrected chi connectivity index (χ1v) is 13.4. The van der Waals surface area contributed by atoms with Gasteiger partial charge in [0, 0.05) is 30.8 Å². The van der Waals surface area contributed by atoms with Crippen molar-refractivity contribution in [3.05, 3.63) is 35.0 Å². The van der Waals surface area contributed by atoms with Crippen molar-refractivity contribution in [1.82, 2.24) is 30.0 Å². The van der Waals surface area contributed by atoms with Crippen LogP contribution >= 0.6 is 0 Å². The molecule has 1 aliphatic heterocycles. The van der Waals surface area contributed by atoms with Crippen molar-refractivity contribution in [2.45, 2.75) is 71.1 Å². The molecule has 1 aliphatic rings. The lowest BCUT2D eigenvalue weighted by Gasteiger charge is -2.29. The summed E-state index contributed by atoms with van der Waals surface area (Å²) in [7, 11) is 3.89. The summed E-state index contributed by atoms with van der Waals surface area (Å²) < 4.78 is 7.71. The Kier molecular flexibility index (Phi) is 9.18. The fourth-order valence-corrected chi connectivity index (χ4v) is 5.11. The quantitative estimate of drug-likeness (QED) is 0.291. The third kappa shape index (κ3) is 6.68. The van der Waals surface area contributed by atoms with Gasteiger partial charge >= 0.3 is 0 Å². The molecule has 1 aromatic carbocycles. The van der Waals surface area contributed by atoms with E-state index in [1.165, 1.54) is 18.4 Å². The Bertz CT molecular complexity index is 1170. The topological polar surface area (TPSA) is 126 Å². The minimum atomic E-state index is 0.0852. The minimum absolute atomic E-state index is 0.0852. The number of rotatable bonds is 12. The summed E-state index contributed by atoms with van der Waals surface area (Å²) in [5.41, 5.74) is 10.6. The first kappa shape index (κ1) is 27.1. The molecular formula is C27H42N8O2. The molecule has 1 atom stereocenters. The van der Waals surface area contributed by atoms with E-state index in [2.05, 4.69) is 57.7 Å². The third-order valence-electron chi connectivity index (χ3n) is 7.21. The van der Waals surface area contributed by atoms with Crippen molar-refractivity contribution in [2.75, 3.05) is 44.9 Å². The van der Waals surface area contributed by atoms with Gasteiger partial charge in [0.2, 0.25) is 5.95 Å². The number of anilines is 2. The van der Waals surface area contributed by atoms with Crippen molar-refractivity contribution in [3.63, 3.8) is 0 Å². The average Bonchev–Trinajstić information content (AvgIpc) is 3.19. The number of hydrogen-bond acceptors (Lipinski definition) is 9. The number of hydrogen-bond donors (Lipinski definition) is 4. The molecule has 4 rings (SSSR count). The van der Waals surface area contributed by atoms with E-state index in [4.69, 9.17) is 15.6 Å². The second-order valence-electron chi connectivity index (χ2n) is 10.1. The Morgan fingerprint density at radius 1 is 1.22 bits per heavy atom. The summed E-state index contributed by atoms with van der Waals surface area (Å²) in [5.74, 6) is 1.68. The van der Waals surface area contributed by atoms with Crippen molar-refractivity contribution < 1.29 is 9.84 Å². The Balaban J connectivity index is 1.57. The summed E-state index contributed by atoms with van der Waals surface area (Å²) in [4.78, 5) is 11.4. The van der Waals surface area contributed by atoms with Crippen LogP contribution in [0.1, 0.15) is 55.8 Å². The van der Waals surface area contributed by atoms with Gasteiger partial charge in [-0.1, -0.05) is 25.5 Å². The lowest BCUT2D eigenvalue weighted by Crippen LogP contribution is -2.40. The molecule has 10 nitrogen and oxygen atoms in total. The first-order valence-electron chi connectivity index (χ1n) is 13.4. The summed E-state index contributed by atoms with van der Waals surface area (Å²) in [6.45, 7) is 7.78. The summed E-state index contributed by atoms with van der Waals surface area (Å²) in [6.07, 6.45) is 4.90. The molecule has 202 valence electrons. The van der Waals surface area contributed by atoms with Crippen LogP contribution < -0.4 is 21.1 Å². The molecule has 1 saturated heterocycles. The fourth-order valence-electron chi connectivity index (χ4n) is 5.11. The molecular weight excluding hydrogens is 468 g/mol. The van der Waals surface area contributed by atoms with Gasteiger partial charge in [-0.05, 0) is 64.4 Å². The molecule has 0 bridgehead atoms. The molecule has 37 heavy (non-hydrogen) atoms. The number of nitrogens with one attached hydrogen (secondary N) is 2. The second kappa shape index (κ2) is 12.5. The van der Waals surface area contributed by atoms with Crippen molar-refractivity contribution >= 4 is 22.8 Å². The maximum atomic E-state index is 9.53. The Morgan fingerprint density at radius 3 is 2.70 bits per heavy atom. The highest BCUT2D eigenvalue weighted by molar-refractivity contribution is 5.88. The lowest BCUT2D eigenvalue weighted by atomic mass is 10.0. The molecule has 0 amide bonds. The smallest absolute Gasteiger partial charge is 0.222 e. The van der Waals surface area contributed by atoms with Crippen LogP contribution in [0, 0.1) is 6.92 Å². The van der Waals surface area contributed by atoms with E-state index in [0.717, 1.165) is 60.5 Å². The minimum Gasteiger partial charge on any atom is -0.496 e. The first-order chi connectivity index (χ1) is 17.9. The van der Waals surface area contributed by atoms with Gasteiger partial charge in [-0.25, -0.2) is 4.98 Å². The van der Waals surface area contributed by atoms with E-state index >= 15 is 0 Å². The van der Waals surface area contributed by atoms with Crippen LogP contribution in [0.25, 0.3) is 11.0 Å². The predicted octanol–water partition coefficient (Wildman–Crippen LogP) is 2.92. The van der Waals surface area contributed by atoms with Gasteiger partial charge in [0.05, 0.1) is 19.3 Å². The molecule has 10 heteroatoms. The zero-order valence-corrected chi connectivity index (χ0v) is 22.6. The van der Waals surface area contributed by atoms with Crippen molar-refractivity contribution in [1.29, 1.82) is 0 Å². The summed E-state index contributed by atoms with van der Waals surface area (Å²) in [6, 6.07) is 7.03. The maximum Gasteiger partial charge on any atom is 0.222 e. The number of ether oxygens (including phenoxy) is 1. The molecule has 3 aromatic rings. The van der Waals surface area contributed by atoms with Crippen LogP contribution in [0.4, 0.5) is 11.8 Å². The maximum absolute atomic E-state index is 9.53. The highest BCUT2D eigenvalue weighted by Crippen LogP contribution is 2.28. The van der Waals surface area contributed by atoms with E-state index in [-0.39, 0.29) is 18.6 Å². The largest absolute Gasteiger partial charge is 0.496 e. The molecule has 0 spiro atoms. The van der Waals surface area contributed by atoms with E-state index < -0.39 is 0 Å². The number of nitrogen functional groups attached to an aromatic ring is 1. The number of aryl methyl sites for hydroxylation is 1. The monoisotopic (exact) mass is 510 g/mol. The Labute approximate surface area is 219 Å². The third-order valence-corrected chi connectivity index (χ3v) is 7.21. The number of piperidine rings is 1. The van der Waals surface area contributed by atoms with Gasteiger partial charge in [0.15, 0.2) is 5.82 Å². The summed E-state index contributed by atoms with van der Waals surface area (Å²) >= 11 is 0. The van der Waals surface area contributed by atoms with E-state index in [0.29, 0.717) is 24.8 Å². The summed E-state index contributed by atoms with van der Waals surface area (Å²) in [5, 5.41) is 21.5. The number of benzene rings is 1. The highest BCUT2D eigenvalue weighted by atomic mass is 16.5. The average molecular weight is 511 g/mol. The van der Waals surface area contributed by atoms with Gasteiger partial charge in [-0.15, -0.1) is 0 Å². The molecule has 0 aliphatic carbocycles.